The van der Waals surface area contributed by atoms with E-state index in [0.29, 0.717) is 12.5 Å². The second kappa shape index (κ2) is 5.94. The van der Waals surface area contributed by atoms with Crippen molar-refractivity contribution in [3.63, 3.8) is 0 Å². The van der Waals surface area contributed by atoms with Gasteiger partial charge >= 0.3 is 5.97 Å². The lowest BCUT2D eigenvalue weighted by Crippen LogP contribution is -2.36. The van der Waals surface area contributed by atoms with E-state index in [-0.39, 0.29) is 0 Å². The molecule has 4 heteroatoms. The van der Waals surface area contributed by atoms with Crippen LogP contribution in [0.2, 0.25) is 0 Å². The molecule has 0 amide bonds. The highest BCUT2D eigenvalue weighted by molar-refractivity contribution is 5.73. The van der Waals surface area contributed by atoms with E-state index in [1.807, 2.05) is 13.8 Å². The Bertz CT molecular complexity index is 156. The molecule has 0 aromatic heterocycles. The van der Waals surface area contributed by atoms with Crippen LogP contribution in [0.4, 0.5) is 0 Å². The Kier molecular flexibility index (Phi) is 5.66. The summed E-state index contributed by atoms with van der Waals surface area (Å²) in [4.78, 5) is 10.6. The van der Waals surface area contributed by atoms with E-state index in [0.717, 1.165) is 0 Å². The lowest BCUT2D eigenvalue weighted by atomic mass is 10.2. The zero-order valence-electron chi connectivity index (χ0n) is 8.61. The van der Waals surface area contributed by atoms with Crippen LogP contribution in [-0.4, -0.2) is 37.0 Å². The van der Waals surface area contributed by atoms with Crippen LogP contribution in [0, 0.1) is 5.92 Å². The van der Waals surface area contributed by atoms with Crippen molar-refractivity contribution in [2.75, 3.05) is 13.7 Å². The molecule has 2 unspecified atom stereocenters. The van der Waals surface area contributed by atoms with E-state index in [2.05, 4.69) is 0 Å². The quantitative estimate of drug-likeness (QED) is 0.682. The minimum Gasteiger partial charge on any atom is -0.479 e. The first kappa shape index (κ1) is 12.4. The fraction of sp³-hybridized carbons (Fsp3) is 0.889. The maximum absolute atomic E-state index is 10.6. The molecule has 13 heavy (non-hydrogen) atoms. The summed E-state index contributed by atoms with van der Waals surface area (Å²) in [6.45, 7) is 6.27. The first-order chi connectivity index (χ1) is 5.99. The SMILES string of the molecule is COC(C(=O)O)C(C)OCC(C)C. The van der Waals surface area contributed by atoms with Gasteiger partial charge in [0.05, 0.1) is 6.10 Å². The molecule has 0 heterocycles. The summed E-state index contributed by atoms with van der Waals surface area (Å²) < 4.78 is 10.1. The van der Waals surface area contributed by atoms with Gasteiger partial charge in [0.15, 0.2) is 6.10 Å². The fourth-order valence-electron chi connectivity index (χ4n) is 0.925. The Morgan fingerprint density at radius 1 is 1.38 bits per heavy atom. The highest BCUT2D eigenvalue weighted by atomic mass is 16.5. The fourth-order valence-corrected chi connectivity index (χ4v) is 0.925. The zero-order valence-corrected chi connectivity index (χ0v) is 8.61. The predicted octanol–water partition coefficient (Wildman–Crippen LogP) is 1.15. The molecule has 0 saturated heterocycles. The lowest BCUT2D eigenvalue weighted by Gasteiger charge is -2.20. The summed E-state index contributed by atoms with van der Waals surface area (Å²) in [6, 6.07) is 0. The van der Waals surface area contributed by atoms with Gasteiger partial charge in [-0.05, 0) is 12.8 Å². The van der Waals surface area contributed by atoms with Gasteiger partial charge in [-0.2, -0.15) is 0 Å². The minimum atomic E-state index is -0.987. The molecule has 0 rings (SSSR count). The van der Waals surface area contributed by atoms with Crippen LogP contribution >= 0.6 is 0 Å². The third-order valence-corrected chi connectivity index (χ3v) is 1.62. The molecule has 0 aliphatic rings. The van der Waals surface area contributed by atoms with E-state index in [9.17, 15) is 4.79 Å². The molecule has 0 aliphatic carbocycles. The molecule has 0 fully saturated rings. The predicted molar refractivity (Wildman–Crippen MR) is 48.7 cm³/mol. The number of carboxylic acid groups (broad SMARTS) is 1. The normalized spacial score (nSPS) is 15.8. The van der Waals surface area contributed by atoms with Crippen LogP contribution in [0.15, 0.2) is 0 Å². The number of carbonyl (C=O) groups is 1. The van der Waals surface area contributed by atoms with Crippen molar-refractivity contribution in [3.05, 3.63) is 0 Å². The number of hydrogen-bond donors (Lipinski definition) is 1. The van der Waals surface area contributed by atoms with E-state index in [4.69, 9.17) is 14.6 Å². The van der Waals surface area contributed by atoms with Crippen LogP contribution in [0.3, 0.4) is 0 Å². The number of carboxylic acids is 1. The van der Waals surface area contributed by atoms with Gasteiger partial charge in [0.2, 0.25) is 0 Å². The number of hydrogen-bond acceptors (Lipinski definition) is 3. The Morgan fingerprint density at radius 2 is 1.92 bits per heavy atom. The first-order valence-corrected chi connectivity index (χ1v) is 4.36. The van der Waals surface area contributed by atoms with Gasteiger partial charge in [0.25, 0.3) is 0 Å². The average molecular weight is 190 g/mol. The van der Waals surface area contributed by atoms with Crippen molar-refractivity contribution < 1.29 is 19.4 Å². The molecule has 4 nitrogen and oxygen atoms in total. The Labute approximate surface area is 78.8 Å². The van der Waals surface area contributed by atoms with Gasteiger partial charge in [-0.3, -0.25) is 0 Å². The first-order valence-electron chi connectivity index (χ1n) is 4.36. The number of aliphatic carboxylic acids is 1. The van der Waals surface area contributed by atoms with Crippen LogP contribution in [0.25, 0.3) is 0 Å². The molecule has 0 spiro atoms. The number of ether oxygens (including phenoxy) is 2. The van der Waals surface area contributed by atoms with Gasteiger partial charge in [-0.15, -0.1) is 0 Å². The molecule has 1 N–H and O–H groups in total. The summed E-state index contributed by atoms with van der Waals surface area (Å²) in [5.74, 6) is -0.590. The largest absolute Gasteiger partial charge is 0.479 e. The molecule has 0 aliphatic heterocycles. The van der Waals surface area contributed by atoms with Gasteiger partial charge < -0.3 is 14.6 Å². The Balaban J connectivity index is 3.91. The van der Waals surface area contributed by atoms with Gasteiger partial charge in [-0.25, -0.2) is 4.79 Å². The molecule has 0 aromatic rings. The van der Waals surface area contributed by atoms with Crippen molar-refractivity contribution in [2.24, 2.45) is 5.92 Å². The zero-order chi connectivity index (χ0) is 10.4. The highest BCUT2D eigenvalue weighted by Crippen LogP contribution is 2.05. The molecule has 0 saturated carbocycles. The molecule has 2 atom stereocenters. The van der Waals surface area contributed by atoms with Crippen LogP contribution in [0.5, 0.6) is 0 Å². The van der Waals surface area contributed by atoms with Gasteiger partial charge in [0.1, 0.15) is 0 Å². The van der Waals surface area contributed by atoms with E-state index >= 15 is 0 Å². The molecule has 0 aromatic carbocycles. The minimum absolute atomic E-state index is 0.397. The molecular formula is C9H18O4. The monoisotopic (exact) mass is 190 g/mol. The molecule has 0 bridgehead atoms. The average Bonchev–Trinajstić information content (AvgIpc) is 2.01. The molecular weight excluding hydrogens is 172 g/mol. The second-order valence-electron chi connectivity index (χ2n) is 3.43. The van der Waals surface area contributed by atoms with Gasteiger partial charge in [0, 0.05) is 13.7 Å². The van der Waals surface area contributed by atoms with Crippen molar-refractivity contribution in [2.45, 2.75) is 33.0 Å². The summed E-state index contributed by atoms with van der Waals surface area (Å²) in [6.07, 6.45) is -1.29. The van der Waals surface area contributed by atoms with Crippen LogP contribution in [-0.2, 0) is 14.3 Å². The standard InChI is InChI=1S/C9H18O4/c1-6(2)5-13-7(3)8(12-4)9(10)11/h6-8H,5H2,1-4H3,(H,10,11). The summed E-state index contributed by atoms with van der Waals surface area (Å²) in [7, 11) is 1.37. The highest BCUT2D eigenvalue weighted by Gasteiger charge is 2.24. The number of rotatable bonds is 6. The third-order valence-electron chi connectivity index (χ3n) is 1.62. The van der Waals surface area contributed by atoms with E-state index in [1.165, 1.54) is 7.11 Å². The van der Waals surface area contributed by atoms with Crippen molar-refractivity contribution >= 4 is 5.97 Å². The summed E-state index contributed by atoms with van der Waals surface area (Å²) in [5, 5.41) is 8.70. The number of methoxy groups -OCH3 is 1. The maximum Gasteiger partial charge on any atom is 0.335 e. The van der Waals surface area contributed by atoms with Gasteiger partial charge in [-0.1, -0.05) is 13.8 Å². The van der Waals surface area contributed by atoms with Crippen LogP contribution < -0.4 is 0 Å². The van der Waals surface area contributed by atoms with Crippen molar-refractivity contribution in [3.8, 4) is 0 Å². The second-order valence-corrected chi connectivity index (χ2v) is 3.43. The molecule has 78 valence electrons. The van der Waals surface area contributed by atoms with E-state index in [1.54, 1.807) is 6.92 Å². The topological polar surface area (TPSA) is 55.8 Å². The van der Waals surface area contributed by atoms with Crippen LogP contribution in [0.1, 0.15) is 20.8 Å². The van der Waals surface area contributed by atoms with E-state index < -0.39 is 18.2 Å². The maximum atomic E-state index is 10.6. The van der Waals surface area contributed by atoms with Crippen molar-refractivity contribution in [1.82, 2.24) is 0 Å². The summed E-state index contributed by atoms with van der Waals surface area (Å²) >= 11 is 0. The van der Waals surface area contributed by atoms with Crippen molar-refractivity contribution in [1.29, 1.82) is 0 Å². The Morgan fingerprint density at radius 3 is 2.23 bits per heavy atom. The Hall–Kier alpha value is -0.610. The molecule has 0 radical (unpaired) electrons. The lowest BCUT2D eigenvalue weighted by molar-refractivity contribution is -0.158. The third kappa shape index (κ3) is 4.85. The summed E-state index contributed by atoms with van der Waals surface area (Å²) in [5.41, 5.74) is 0. The smallest absolute Gasteiger partial charge is 0.335 e.